The standard InChI is InChI=1S/C26H30F3N9O2/c1-17-5-6-18(2)19(11-17)13-33-25(40)23-16-38(37-36-23)10-4-3-8-31-15-22(35-30)24(39)34-14-21-12-20(7-9-32-21)26(27,28)29/h5-7,9,11-12,15-16,30-31H,3-4,8,10,13-14H2,1-2H3,(H,33,40)(H,34,39)/b22-15-,35-30?. The number of hydrogen-bond donors (Lipinski definition) is 4. The van der Waals surface area contributed by atoms with E-state index in [0.717, 1.165) is 35.0 Å². The molecule has 2 heterocycles. The second-order valence-corrected chi connectivity index (χ2v) is 9.00. The number of alkyl halides is 3. The Kier molecular flexibility index (Phi) is 10.4. The lowest BCUT2D eigenvalue weighted by Crippen LogP contribution is -2.25. The van der Waals surface area contributed by atoms with E-state index in [-0.39, 0.29) is 29.5 Å². The average Bonchev–Trinajstić information content (AvgIpc) is 3.40. The molecule has 2 aromatic heterocycles. The summed E-state index contributed by atoms with van der Waals surface area (Å²) in [5.41, 5.74) is 9.58. The monoisotopic (exact) mass is 557 g/mol. The average molecular weight is 558 g/mol. The molecule has 1 aromatic carbocycles. The summed E-state index contributed by atoms with van der Waals surface area (Å²) < 4.78 is 40.0. The Balaban J connectivity index is 1.37. The molecular formula is C26H30F3N9O2. The number of unbranched alkanes of at least 4 members (excludes halogenated alkanes) is 1. The van der Waals surface area contributed by atoms with Crippen molar-refractivity contribution in [2.45, 2.75) is 52.5 Å². The summed E-state index contributed by atoms with van der Waals surface area (Å²) in [7, 11) is 0. The van der Waals surface area contributed by atoms with Crippen molar-refractivity contribution in [2.24, 2.45) is 5.11 Å². The molecule has 0 saturated carbocycles. The summed E-state index contributed by atoms with van der Waals surface area (Å²) >= 11 is 0. The molecule has 0 radical (unpaired) electrons. The number of benzene rings is 1. The number of hydrogen-bond acceptors (Lipinski definition) is 8. The van der Waals surface area contributed by atoms with Gasteiger partial charge in [0.15, 0.2) is 11.4 Å². The van der Waals surface area contributed by atoms with E-state index in [1.165, 1.54) is 6.20 Å². The zero-order valence-corrected chi connectivity index (χ0v) is 22.0. The van der Waals surface area contributed by atoms with Crippen LogP contribution in [0.15, 0.2) is 59.7 Å². The van der Waals surface area contributed by atoms with Crippen molar-refractivity contribution in [2.75, 3.05) is 6.54 Å². The molecule has 2 amide bonds. The molecule has 0 aliphatic rings. The van der Waals surface area contributed by atoms with Gasteiger partial charge in [-0.3, -0.25) is 19.3 Å². The number of pyridine rings is 1. The molecule has 0 spiro atoms. The molecule has 4 N–H and O–H groups in total. The zero-order chi connectivity index (χ0) is 29.1. The predicted molar refractivity (Wildman–Crippen MR) is 139 cm³/mol. The lowest BCUT2D eigenvalue weighted by atomic mass is 10.1. The smallest absolute Gasteiger partial charge is 0.389 e. The third kappa shape index (κ3) is 8.99. The fraction of sp³-hybridized carbons (Fsp3) is 0.346. The molecule has 0 aliphatic heterocycles. The van der Waals surface area contributed by atoms with Gasteiger partial charge in [-0.05, 0) is 49.9 Å². The highest BCUT2D eigenvalue weighted by Crippen LogP contribution is 2.28. The molecular weight excluding hydrogens is 527 g/mol. The van der Waals surface area contributed by atoms with Crippen LogP contribution in [0.1, 0.15) is 51.3 Å². The van der Waals surface area contributed by atoms with Gasteiger partial charge in [-0.15, -0.1) is 5.10 Å². The molecule has 40 heavy (non-hydrogen) atoms. The SMILES string of the molecule is Cc1ccc(C)c(CNC(=O)c2cn(CCCCN/C=C(\N=N)C(=O)NCc3cc(C(F)(F)F)ccn3)nn2)c1. The third-order valence-corrected chi connectivity index (χ3v) is 5.84. The minimum absolute atomic E-state index is 0.0237. The van der Waals surface area contributed by atoms with Gasteiger partial charge < -0.3 is 16.0 Å². The Morgan fingerprint density at radius 1 is 1.10 bits per heavy atom. The van der Waals surface area contributed by atoms with Gasteiger partial charge in [0, 0.05) is 32.0 Å². The van der Waals surface area contributed by atoms with E-state index in [0.29, 0.717) is 32.5 Å². The van der Waals surface area contributed by atoms with Gasteiger partial charge in [0.2, 0.25) is 0 Å². The topological polar surface area (TPSA) is 150 Å². The number of nitrogens with one attached hydrogen (secondary N) is 4. The van der Waals surface area contributed by atoms with Crippen LogP contribution in [0.25, 0.3) is 0 Å². The fourth-order valence-electron chi connectivity index (χ4n) is 3.60. The van der Waals surface area contributed by atoms with Crippen LogP contribution in [-0.2, 0) is 30.6 Å². The van der Waals surface area contributed by atoms with Crippen molar-refractivity contribution in [3.05, 3.63) is 88.3 Å². The van der Waals surface area contributed by atoms with Crippen LogP contribution in [-0.4, -0.2) is 38.3 Å². The van der Waals surface area contributed by atoms with Gasteiger partial charge in [-0.2, -0.15) is 18.3 Å². The number of carbonyl (C=O) groups excluding carboxylic acids is 2. The molecule has 0 bridgehead atoms. The Morgan fingerprint density at radius 3 is 2.65 bits per heavy atom. The van der Waals surface area contributed by atoms with Crippen molar-refractivity contribution in [3.8, 4) is 0 Å². The van der Waals surface area contributed by atoms with Gasteiger partial charge in [0.1, 0.15) is 0 Å². The van der Waals surface area contributed by atoms with Crippen molar-refractivity contribution < 1.29 is 22.8 Å². The van der Waals surface area contributed by atoms with E-state index in [1.54, 1.807) is 10.9 Å². The van der Waals surface area contributed by atoms with Gasteiger partial charge in [-0.25, -0.2) is 5.53 Å². The van der Waals surface area contributed by atoms with Gasteiger partial charge >= 0.3 is 6.18 Å². The Labute approximate surface area is 228 Å². The van der Waals surface area contributed by atoms with Crippen molar-refractivity contribution in [3.63, 3.8) is 0 Å². The molecule has 0 unspecified atom stereocenters. The molecule has 0 fully saturated rings. The predicted octanol–water partition coefficient (Wildman–Crippen LogP) is 3.80. The highest BCUT2D eigenvalue weighted by atomic mass is 19.4. The third-order valence-electron chi connectivity index (χ3n) is 5.84. The summed E-state index contributed by atoms with van der Waals surface area (Å²) in [6.45, 7) is 5.10. The van der Waals surface area contributed by atoms with Crippen LogP contribution in [0.4, 0.5) is 13.2 Å². The largest absolute Gasteiger partial charge is 0.416 e. The van der Waals surface area contributed by atoms with Gasteiger partial charge in [0.05, 0.1) is 24.0 Å². The van der Waals surface area contributed by atoms with Crippen LogP contribution < -0.4 is 16.0 Å². The lowest BCUT2D eigenvalue weighted by molar-refractivity contribution is -0.137. The molecule has 3 rings (SSSR count). The minimum Gasteiger partial charge on any atom is -0.389 e. The van der Waals surface area contributed by atoms with Crippen molar-refractivity contribution >= 4 is 11.8 Å². The number of carbonyl (C=O) groups is 2. The van der Waals surface area contributed by atoms with E-state index in [2.05, 4.69) is 36.4 Å². The fourth-order valence-corrected chi connectivity index (χ4v) is 3.60. The minimum atomic E-state index is -4.51. The summed E-state index contributed by atoms with van der Waals surface area (Å²) in [6, 6.07) is 7.74. The molecule has 212 valence electrons. The lowest BCUT2D eigenvalue weighted by Gasteiger charge is -2.09. The van der Waals surface area contributed by atoms with E-state index < -0.39 is 17.6 Å². The van der Waals surface area contributed by atoms with Crippen LogP contribution in [0.2, 0.25) is 0 Å². The van der Waals surface area contributed by atoms with E-state index in [4.69, 9.17) is 5.53 Å². The van der Waals surface area contributed by atoms with E-state index >= 15 is 0 Å². The molecule has 11 nitrogen and oxygen atoms in total. The highest BCUT2D eigenvalue weighted by Gasteiger charge is 2.30. The first-order valence-corrected chi connectivity index (χ1v) is 12.4. The number of amides is 2. The second kappa shape index (κ2) is 14.0. The highest BCUT2D eigenvalue weighted by molar-refractivity contribution is 5.92. The molecule has 14 heteroatoms. The number of nitrogens with zero attached hydrogens (tertiary/aromatic N) is 5. The second-order valence-electron chi connectivity index (χ2n) is 9.00. The first-order valence-electron chi connectivity index (χ1n) is 12.4. The first kappa shape index (κ1) is 29.9. The van der Waals surface area contributed by atoms with E-state index in [9.17, 15) is 22.8 Å². The Morgan fingerprint density at radius 2 is 1.90 bits per heavy atom. The maximum atomic E-state index is 12.8. The van der Waals surface area contributed by atoms with Crippen molar-refractivity contribution in [1.82, 2.24) is 35.9 Å². The van der Waals surface area contributed by atoms with Crippen LogP contribution >= 0.6 is 0 Å². The Bertz CT molecular complexity index is 1370. The zero-order valence-electron chi connectivity index (χ0n) is 22.0. The summed E-state index contributed by atoms with van der Waals surface area (Å²) in [5, 5.41) is 19.2. The number of halogens is 3. The molecule has 0 atom stereocenters. The normalized spacial score (nSPS) is 11.7. The first-order chi connectivity index (χ1) is 19.1. The quantitative estimate of drug-likeness (QED) is 0.143. The number of aromatic nitrogens is 4. The summed E-state index contributed by atoms with van der Waals surface area (Å²) in [5.74, 6) is -1.04. The van der Waals surface area contributed by atoms with E-state index in [1.807, 2.05) is 32.0 Å². The molecule has 3 aromatic rings. The van der Waals surface area contributed by atoms with Crippen LogP contribution in [0.3, 0.4) is 0 Å². The number of aryl methyl sites for hydroxylation is 3. The maximum absolute atomic E-state index is 12.8. The summed E-state index contributed by atoms with van der Waals surface area (Å²) in [4.78, 5) is 28.4. The molecule has 0 aliphatic carbocycles. The maximum Gasteiger partial charge on any atom is 0.416 e. The summed E-state index contributed by atoms with van der Waals surface area (Å²) in [6.07, 6.45) is 0.696. The Hall–Kier alpha value is -4.62. The van der Waals surface area contributed by atoms with Crippen LogP contribution in [0.5, 0.6) is 0 Å². The van der Waals surface area contributed by atoms with Crippen molar-refractivity contribution in [1.29, 1.82) is 5.53 Å². The van der Waals surface area contributed by atoms with Gasteiger partial charge in [-0.1, -0.05) is 29.0 Å². The molecule has 0 saturated heterocycles. The van der Waals surface area contributed by atoms with Crippen LogP contribution in [0, 0.1) is 19.4 Å². The van der Waals surface area contributed by atoms with Gasteiger partial charge in [0.25, 0.3) is 11.8 Å². The number of rotatable bonds is 13.